The lowest BCUT2D eigenvalue weighted by Crippen LogP contribution is -1.95. The second-order valence-electron chi connectivity index (χ2n) is 10.5. The molecule has 0 spiro atoms. The minimum atomic E-state index is 1.17. The lowest BCUT2D eigenvalue weighted by atomic mass is 9.96. The third kappa shape index (κ3) is 2.77. The number of benzene rings is 7. The average molecular weight is 509 g/mol. The fourth-order valence-electron chi connectivity index (χ4n) is 6.91. The maximum absolute atomic E-state index is 2.52. The number of nitrogens with zero attached hydrogens (tertiary/aromatic N) is 2. The Bertz CT molecular complexity index is 2410. The highest BCUT2D eigenvalue weighted by atomic mass is 15.0. The van der Waals surface area contributed by atoms with Gasteiger partial charge in [-0.15, -0.1) is 0 Å². The van der Waals surface area contributed by atoms with Crippen molar-refractivity contribution in [3.05, 3.63) is 146 Å². The van der Waals surface area contributed by atoms with Crippen molar-refractivity contribution in [2.24, 2.45) is 0 Å². The molecule has 2 aromatic heterocycles. The Kier molecular flexibility index (Phi) is 4.36. The van der Waals surface area contributed by atoms with Gasteiger partial charge in [0, 0.05) is 38.3 Å². The van der Waals surface area contributed by atoms with Gasteiger partial charge in [0.05, 0.1) is 22.1 Å². The number of hydrogen-bond acceptors (Lipinski definition) is 0. The number of hydrogen-bond donors (Lipinski definition) is 0. The zero-order valence-electron chi connectivity index (χ0n) is 21.8. The van der Waals surface area contributed by atoms with Crippen LogP contribution in [0.5, 0.6) is 0 Å². The topological polar surface area (TPSA) is 9.86 Å². The molecule has 0 fully saturated rings. The van der Waals surface area contributed by atoms with Crippen LogP contribution in [0.3, 0.4) is 0 Å². The second-order valence-corrected chi connectivity index (χ2v) is 10.5. The van der Waals surface area contributed by atoms with E-state index in [1.54, 1.807) is 0 Å². The molecule has 0 amide bonds. The Hall–Kier alpha value is -5.34. The third-order valence-electron chi connectivity index (χ3n) is 8.46. The number of aromatic nitrogens is 2. The molecule has 0 radical (unpaired) electrons. The van der Waals surface area contributed by atoms with Crippen LogP contribution in [0.15, 0.2) is 146 Å². The molecule has 40 heavy (non-hydrogen) atoms. The molecule has 0 bridgehead atoms. The van der Waals surface area contributed by atoms with Crippen LogP contribution in [0.4, 0.5) is 0 Å². The zero-order chi connectivity index (χ0) is 26.2. The molecule has 2 nitrogen and oxygen atoms in total. The molecular formula is C38H24N2. The molecular weight excluding hydrogens is 484 g/mol. The average Bonchev–Trinajstić information content (AvgIpc) is 3.56. The van der Waals surface area contributed by atoms with Crippen LogP contribution in [0.25, 0.3) is 76.5 Å². The molecule has 0 N–H and O–H groups in total. The minimum Gasteiger partial charge on any atom is -0.309 e. The first-order chi connectivity index (χ1) is 19.9. The highest BCUT2D eigenvalue weighted by Crippen LogP contribution is 2.46. The quantitative estimate of drug-likeness (QED) is 0.206. The summed E-state index contributed by atoms with van der Waals surface area (Å²) in [6.45, 7) is 0. The summed E-state index contributed by atoms with van der Waals surface area (Å²) >= 11 is 0. The van der Waals surface area contributed by atoms with E-state index in [-0.39, 0.29) is 0 Å². The van der Waals surface area contributed by atoms with Crippen LogP contribution >= 0.6 is 0 Å². The van der Waals surface area contributed by atoms with Crippen LogP contribution in [0.2, 0.25) is 0 Å². The van der Waals surface area contributed by atoms with Gasteiger partial charge >= 0.3 is 0 Å². The highest BCUT2D eigenvalue weighted by Gasteiger charge is 2.23. The number of para-hydroxylation sites is 3. The van der Waals surface area contributed by atoms with Gasteiger partial charge in [-0.1, -0.05) is 109 Å². The Labute approximate surface area is 230 Å². The van der Waals surface area contributed by atoms with Crippen molar-refractivity contribution in [2.45, 2.75) is 0 Å². The van der Waals surface area contributed by atoms with Crippen molar-refractivity contribution >= 4 is 65.2 Å². The van der Waals surface area contributed by atoms with E-state index in [1.807, 2.05) is 0 Å². The molecule has 0 atom stereocenters. The Morgan fingerprint density at radius 1 is 0.275 bits per heavy atom. The van der Waals surface area contributed by atoms with Crippen molar-refractivity contribution < 1.29 is 0 Å². The van der Waals surface area contributed by atoms with Gasteiger partial charge in [-0.05, 0) is 52.6 Å². The molecule has 9 aromatic rings. The molecule has 2 heteroatoms. The van der Waals surface area contributed by atoms with Gasteiger partial charge in [-0.2, -0.15) is 0 Å². The second kappa shape index (κ2) is 8.08. The highest BCUT2D eigenvalue weighted by molar-refractivity contribution is 6.36. The summed E-state index contributed by atoms with van der Waals surface area (Å²) < 4.78 is 4.93. The van der Waals surface area contributed by atoms with Crippen LogP contribution in [-0.4, -0.2) is 9.13 Å². The normalized spacial score (nSPS) is 12.0. The van der Waals surface area contributed by atoms with E-state index < -0.39 is 0 Å². The van der Waals surface area contributed by atoms with E-state index in [0.29, 0.717) is 0 Å². The lowest BCUT2D eigenvalue weighted by Gasteiger charge is -2.12. The van der Waals surface area contributed by atoms with Gasteiger partial charge in [0.15, 0.2) is 0 Å². The van der Waals surface area contributed by atoms with Crippen LogP contribution in [0.1, 0.15) is 0 Å². The summed E-state index contributed by atoms with van der Waals surface area (Å²) in [4.78, 5) is 0. The summed E-state index contributed by atoms with van der Waals surface area (Å²) in [6, 6.07) is 52.8. The van der Waals surface area contributed by atoms with Crippen molar-refractivity contribution in [3.63, 3.8) is 0 Å². The first-order valence-electron chi connectivity index (χ1n) is 13.8. The van der Waals surface area contributed by atoms with E-state index in [2.05, 4.69) is 155 Å². The molecule has 0 aliphatic rings. The van der Waals surface area contributed by atoms with Gasteiger partial charge in [-0.3, -0.25) is 0 Å². The Balaban J connectivity index is 1.63. The van der Waals surface area contributed by atoms with Gasteiger partial charge < -0.3 is 9.13 Å². The van der Waals surface area contributed by atoms with Gasteiger partial charge in [-0.25, -0.2) is 0 Å². The monoisotopic (exact) mass is 508 g/mol. The fraction of sp³-hybridized carbons (Fsp3) is 0. The van der Waals surface area contributed by atoms with Crippen molar-refractivity contribution in [3.8, 4) is 11.4 Å². The summed E-state index contributed by atoms with van der Waals surface area (Å²) in [5.74, 6) is 0. The van der Waals surface area contributed by atoms with E-state index in [0.717, 1.165) is 0 Å². The molecule has 0 saturated heterocycles. The van der Waals surface area contributed by atoms with E-state index >= 15 is 0 Å². The summed E-state index contributed by atoms with van der Waals surface area (Å²) in [5.41, 5.74) is 7.30. The maximum atomic E-state index is 2.52. The van der Waals surface area contributed by atoms with E-state index in [1.165, 1.54) is 76.5 Å². The van der Waals surface area contributed by atoms with Gasteiger partial charge in [0.25, 0.3) is 0 Å². The first-order valence-corrected chi connectivity index (χ1v) is 13.8. The van der Waals surface area contributed by atoms with Gasteiger partial charge in [0.2, 0.25) is 0 Å². The maximum Gasteiger partial charge on any atom is 0.0641 e. The first kappa shape index (κ1) is 21.6. The predicted octanol–water partition coefficient (Wildman–Crippen LogP) is 10.2. The molecule has 7 aromatic carbocycles. The van der Waals surface area contributed by atoms with E-state index in [9.17, 15) is 0 Å². The number of fused-ring (bicyclic) bond motifs is 12. The minimum absolute atomic E-state index is 1.17. The predicted molar refractivity (Wildman–Crippen MR) is 170 cm³/mol. The third-order valence-corrected chi connectivity index (χ3v) is 8.46. The SMILES string of the molecule is c1ccc(-n2c3ccccc3c3c2ccc2c4c5ccccc5c5ccccc5c4n(-c4ccccc4)c23)cc1. The van der Waals surface area contributed by atoms with Crippen LogP contribution in [-0.2, 0) is 0 Å². The van der Waals surface area contributed by atoms with E-state index in [4.69, 9.17) is 0 Å². The largest absolute Gasteiger partial charge is 0.309 e. The molecule has 2 heterocycles. The zero-order valence-corrected chi connectivity index (χ0v) is 21.8. The summed E-state index contributed by atoms with van der Waals surface area (Å²) in [5, 5.41) is 10.3. The molecule has 0 unspecified atom stereocenters. The summed E-state index contributed by atoms with van der Waals surface area (Å²) in [6.07, 6.45) is 0. The Morgan fingerprint density at radius 2 is 0.775 bits per heavy atom. The molecule has 186 valence electrons. The van der Waals surface area contributed by atoms with Crippen molar-refractivity contribution in [1.29, 1.82) is 0 Å². The van der Waals surface area contributed by atoms with Crippen LogP contribution < -0.4 is 0 Å². The number of rotatable bonds is 2. The van der Waals surface area contributed by atoms with Crippen molar-refractivity contribution in [2.75, 3.05) is 0 Å². The standard InChI is InChI=1S/C38H24N2/c1-3-13-25(14-4-1)39-33-22-12-11-21-31(33)36-34(39)24-23-32-35-29-19-9-7-17-27(29)28-18-8-10-20-30(28)37(35)40(38(32)36)26-15-5-2-6-16-26/h1-24H. The summed E-state index contributed by atoms with van der Waals surface area (Å²) in [7, 11) is 0. The smallest absolute Gasteiger partial charge is 0.0641 e. The molecule has 0 aliphatic heterocycles. The fourth-order valence-corrected chi connectivity index (χ4v) is 6.91. The molecule has 0 aliphatic carbocycles. The van der Waals surface area contributed by atoms with Gasteiger partial charge in [0.1, 0.15) is 0 Å². The van der Waals surface area contributed by atoms with Crippen molar-refractivity contribution in [1.82, 2.24) is 9.13 Å². The lowest BCUT2D eigenvalue weighted by molar-refractivity contribution is 1.18. The Morgan fingerprint density at radius 3 is 1.48 bits per heavy atom. The molecule has 9 rings (SSSR count). The molecule has 0 saturated carbocycles. The van der Waals surface area contributed by atoms with Crippen LogP contribution in [0, 0.1) is 0 Å².